The summed E-state index contributed by atoms with van der Waals surface area (Å²) in [7, 11) is 0. The summed E-state index contributed by atoms with van der Waals surface area (Å²) in [5.74, 6) is -1.19. The number of hydrogen-bond acceptors (Lipinski definition) is 4. The Morgan fingerprint density at radius 2 is 1.33 bits per heavy atom. The van der Waals surface area contributed by atoms with Crippen molar-refractivity contribution < 1.29 is 19.2 Å². The lowest BCUT2D eigenvalue weighted by Gasteiger charge is -2.30. The van der Waals surface area contributed by atoms with E-state index in [2.05, 4.69) is 50.5 Å². The molecule has 0 aromatic rings. The van der Waals surface area contributed by atoms with Crippen LogP contribution in [0.25, 0.3) is 0 Å². The fraction of sp³-hybridized carbons (Fsp3) is 0.600. The molecular formula is C10H14O4S4. The van der Waals surface area contributed by atoms with Gasteiger partial charge in [-0.15, -0.1) is 50.5 Å². The molecule has 0 N–H and O–H groups in total. The molecular weight excluding hydrogens is 312 g/mol. The summed E-state index contributed by atoms with van der Waals surface area (Å²) in [4.78, 5) is 46.3. The summed E-state index contributed by atoms with van der Waals surface area (Å²) in [6.45, 7) is 1.87. The molecule has 102 valence electrons. The van der Waals surface area contributed by atoms with Crippen LogP contribution < -0.4 is 0 Å². The smallest absolute Gasteiger partial charge is 0.209 e. The van der Waals surface area contributed by atoms with E-state index >= 15 is 0 Å². The average molecular weight is 326 g/mol. The maximum Gasteiger partial charge on any atom is 0.209 e. The zero-order chi connectivity index (χ0) is 14.5. The Morgan fingerprint density at radius 3 is 1.56 bits per heavy atom. The van der Waals surface area contributed by atoms with E-state index in [9.17, 15) is 19.2 Å². The monoisotopic (exact) mass is 326 g/mol. The summed E-state index contributed by atoms with van der Waals surface area (Å²) < 4.78 is 0. The Morgan fingerprint density at radius 1 is 0.944 bits per heavy atom. The molecule has 0 saturated heterocycles. The van der Waals surface area contributed by atoms with Crippen molar-refractivity contribution in [2.75, 3.05) is 0 Å². The Kier molecular flexibility index (Phi) is 7.65. The first-order chi connectivity index (χ1) is 8.22. The van der Waals surface area contributed by atoms with Gasteiger partial charge in [0, 0.05) is 0 Å². The quantitative estimate of drug-likeness (QED) is 0.404. The summed E-state index contributed by atoms with van der Waals surface area (Å²) >= 11 is 14.3. The van der Waals surface area contributed by atoms with Crippen LogP contribution >= 0.6 is 50.5 Å². The molecule has 0 aromatic carbocycles. The predicted molar refractivity (Wildman–Crippen MR) is 81.4 cm³/mol. The molecule has 0 aromatic heterocycles. The third-order valence-corrected chi connectivity index (χ3v) is 4.05. The Hall–Kier alpha value is 0.0800. The minimum absolute atomic E-state index is 0.170. The van der Waals surface area contributed by atoms with Crippen LogP contribution in [-0.4, -0.2) is 20.5 Å². The van der Waals surface area contributed by atoms with E-state index in [1.807, 2.05) is 6.92 Å². The molecule has 0 radical (unpaired) electrons. The van der Waals surface area contributed by atoms with E-state index in [0.29, 0.717) is 6.42 Å². The van der Waals surface area contributed by atoms with Gasteiger partial charge in [-0.05, 0) is 6.42 Å². The number of unbranched alkanes of at least 4 members (excludes halogenated alkanes) is 1. The summed E-state index contributed by atoms with van der Waals surface area (Å²) in [5.41, 5.74) is -2.26. The first-order valence-electron chi connectivity index (χ1n) is 5.15. The fourth-order valence-corrected chi connectivity index (χ4v) is 3.32. The van der Waals surface area contributed by atoms with Crippen molar-refractivity contribution in [1.82, 2.24) is 0 Å². The van der Waals surface area contributed by atoms with Crippen molar-refractivity contribution in [3.63, 3.8) is 0 Å². The van der Waals surface area contributed by atoms with Gasteiger partial charge in [0.15, 0.2) is 10.5 Å². The van der Waals surface area contributed by atoms with Gasteiger partial charge in [-0.2, -0.15) is 0 Å². The highest BCUT2D eigenvalue weighted by atomic mass is 32.1. The molecule has 0 rings (SSSR count). The van der Waals surface area contributed by atoms with Crippen LogP contribution in [-0.2, 0) is 19.2 Å². The Balaban J connectivity index is 5.77. The molecule has 18 heavy (non-hydrogen) atoms. The maximum absolute atomic E-state index is 11.6. The molecule has 0 aliphatic heterocycles. The molecule has 0 fully saturated rings. The number of carbonyl (C=O) groups excluding carboxylic acids is 4. The van der Waals surface area contributed by atoms with Gasteiger partial charge in [-0.3, -0.25) is 19.2 Å². The van der Waals surface area contributed by atoms with Crippen molar-refractivity contribution in [1.29, 1.82) is 0 Å². The van der Waals surface area contributed by atoms with Crippen LogP contribution in [0.2, 0.25) is 0 Å². The Labute approximate surface area is 127 Å². The van der Waals surface area contributed by atoms with Crippen LogP contribution in [0.3, 0.4) is 0 Å². The fourth-order valence-electron chi connectivity index (χ4n) is 1.66. The lowest BCUT2D eigenvalue weighted by atomic mass is 9.76. The van der Waals surface area contributed by atoms with Crippen LogP contribution in [0.15, 0.2) is 0 Å². The van der Waals surface area contributed by atoms with Gasteiger partial charge >= 0.3 is 0 Å². The first kappa shape index (κ1) is 18.1. The zero-order valence-electron chi connectivity index (χ0n) is 9.62. The normalized spacial score (nSPS) is 12.9. The van der Waals surface area contributed by atoms with Crippen molar-refractivity contribution in [3.05, 3.63) is 0 Å². The zero-order valence-corrected chi connectivity index (χ0v) is 13.2. The van der Waals surface area contributed by atoms with E-state index in [-0.39, 0.29) is 6.42 Å². The number of thiol groups is 4. The highest BCUT2D eigenvalue weighted by molar-refractivity contribution is 8.02. The van der Waals surface area contributed by atoms with Crippen LogP contribution in [0, 0.1) is 11.3 Å². The van der Waals surface area contributed by atoms with E-state index in [1.165, 1.54) is 0 Å². The van der Waals surface area contributed by atoms with Crippen molar-refractivity contribution in [3.8, 4) is 0 Å². The SMILES string of the molecule is CCCCC(C(=O)S)C(C(=O)S)(C(=O)S)C(=O)S. The molecule has 0 saturated carbocycles. The molecule has 0 bridgehead atoms. The predicted octanol–water partition coefficient (Wildman–Crippen LogP) is 1.60. The molecule has 4 nitrogen and oxygen atoms in total. The van der Waals surface area contributed by atoms with E-state index < -0.39 is 31.8 Å². The maximum atomic E-state index is 11.6. The number of hydrogen-bond donors (Lipinski definition) is 4. The molecule has 0 aliphatic carbocycles. The third kappa shape index (κ3) is 3.55. The van der Waals surface area contributed by atoms with E-state index in [1.54, 1.807) is 0 Å². The van der Waals surface area contributed by atoms with Crippen LogP contribution in [0.4, 0.5) is 0 Å². The average Bonchev–Trinajstić information content (AvgIpc) is 2.21. The molecule has 0 heterocycles. The van der Waals surface area contributed by atoms with E-state index in [0.717, 1.165) is 6.42 Å². The third-order valence-electron chi connectivity index (χ3n) is 2.68. The summed E-state index contributed by atoms with van der Waals surface area (Å²) in [6, 6.07) is 0. The van der Waals surface area contributed by atoms with Crippen LogP contribution in [0.5, 0.6) is 0 Å². The minimum atomic E-state index is -2.26. The molecule has 8 heteroatoms. The summed E-state index contributed by atoms with van der Waals surface area (Å²) in [5, 5.41) is -3.83. The van der Waals surface area contributed by atoms with Crippen molar-refractivity contribution in [2.24, 2.45) is 11.3 Å². The standard InChI is InChI=1S/C10H14O4S4/c1-2-3-4-5(6(11)15)10(7(12)16,8(13)17)9(14)18/h5H,2-4H2,1H3,(H,11,15)(H,12,16)(H,13,17)(H,14,18). The second-order valence-electron chi connectivity index (χ2n) is 3.76. The second kappa shape index (κ2) is 7.62. The lowest BCUT2D eigenvalue weighted by Crippen LogP contribution is -2.49. The van der Waals surface area contributed by atoms with Gasteiger partial charge in [-0.1, -0.05) is 19.8 Å². The van der Waals surface area contributed by atoms with Gasteiger partial charge in [-0.25, -0.2) is 0 Å². The molecule has 1 unspecified atom stereocenters. The topological polar surface area (TPSA) is 68.3 Å². The molecule has 0 amide bonds. The second-order valence-corrected chi connectivity index (χ2v) is 5.42. The highest BCUT2D eigenvalue weighted by Crippen LogP contribution is 2.39. The molecule has 1 atom stereocenters. The van der Waals surface area contributed by atoms with Gasteiger partial charge in [0.05, 0.1) is 5.92 Å². The molecule has 0 aliphatic rings. The van der Waals surface area contributed by atoms with Gasteiger partial charge in [0.25, 0.3) is 0 Å². The highest BCUT2D eigenvalue weighted by Gasteiger charge is 2.56. The first-order valence-corrected chi connectivity index (χ1v) is 6.94. The van der Waals surface area contributed by atoms with Gasteiger partial charge in [0.2, 0.25) is 15.3 Å². The van der Waals surface area contributed by atoms with Gasteiger partial charge < -0.3 is 0 Å². The molecule has 0 spiro atoms. The number of carbonyl (C=O) groups is 4. The van der Waals surface area contributed by atoms with Crippen LogP contribution in [0.1, 0.15) is 26.2 Å². The lowest BCUT2D eigenvalue weighted by molar-refractivity contribution is -0.144. The number of rotatable bonds is 8. The summed E-state index contributed by atoms with van der Waals surface area (Å²) in [6.07, 6.45) is 1.46. The van der Waals surface area contributed by atoms with Crippen molar-refractivity contribution in [2.45, 2.75) is 26.2 Å². The van der Waals surface area contributed by atoms with Crippen molar-refractivity contribution >= 4 is 71.0 Å². The van der Waals surface area contributed by atoms with Gasteiger partial charge in [0.1, 0.15) is 0 Å². The Bertz CT molecular complexity index is 344. The largest absolute Gasteiger partial charge is 0.287 e. The van der Waals surface area contributed by atoms with E-state index in [4.69, 9.17) is 0 Å². The minimum Gasteiger partial charge on any atom is -0.287 e.